The Morgan fingerprint density at radius 3 is 2.12 bits per heavy atom. The minimum absolute atomic E-state index is 0.283. The molecule has 0 saturated carbocycles. The van der Waals surface area contributed by atoms with Gasteiger partial charge in [0.25, 0.3) is 9.70 Å². The standard InChI is InChI=1S/C9H14Cl3NO3/c1-3-4-5-8(2,7(15)16)13-6(14)9(10,11)12/h3-5H2,1-2H3,(H,13,14)(H,15,16)/t8-/m1/s1. The van der Waals surface area contributed by atoms with Crippen molar-refractivity contribution >= 4 is 46.7 Å². The highest BCUT2D eigenvalue weighted by Crippen LogP contribution is 2.27. The molecule has 0 aromatic rings. The molecule has 0 aliphatic carbocycles. The SMILES string of the molecule is CCCC[C@@](C)(NC(=O)C(Cl)(Cl)Cl)C(=O)O. The quantitative estimate of drug-likeness (QED) is 0.765. The van der Waals surface area contributed by atoms with Gasteiger partial charge in [-0.3, -0.25) is 4.79 Å². The second kappa shape index (κ2) is 5.94. The van der Waals surface area contributed by atoms with Crippen LogP contribution in [0.1, 0.15) is 33.1 Å². The highest BCUT2D eigenvalue weighted by Gasteiger charge is 2.40. The molecule has 4 nitrogen and oxygen atoms in total. The molecule has 7 heteroatoms. The summed E-state index contributed by atoms with van der Waals surface area (Å²) in [6.07, 6.45) is 1.75. The molecule has 0 unspecified atom stereocenters. The molecule has 94 valence electrons. The van der Waals surface area contributed by atoms with E-state index in [1.165, 1.54) is 6.92 Å². The van der Waals surface area contributed by atoms with Crippen molar-refractivity contribution in [1.29, 1.82) is 0 Å². The van der Waals surface area contributed by atoms with Crippen molar-refractivity contribution in [2.75, 3.05) is 0 Å². The minimum atomic E-state index is -2.15. The predicted octanol–water partition coefficient (Wildman–Crippen LogP) is 2.51. The number of alkyl halides is 3. The molecule has 16 heavy (non-hydrogen) atoms. The third kappa shape index (κ3) is 4.76. The van der Waals surface area contributed by atoms with Gasteiger partial charge in [0, 0.05) is 0 Å². The molecule has 0 aromatic heterocycles. The molecule has 0 aliphatic rings. The lowest BCUT2D eigenvalue weighted by Gasteiger charge is -2.27. The number of hydrogen-bond acceptors (Lipinski definition) is 2. The van der Waals surface area contributed by atoms with Gasteiger partial charge in [-0.25, -0.2) is 4.79 Å². The van der Waals surface area contributed by atoms with Crippen LogP contribution in [0, 0.1) is 0 Å². The number of carbonyl (C=O) groups excluding carboxylic acids is 1. The van der Waals surface area contributed by atoms with Gasteiger partial charge >= 0.3 is 5.97 Å². The summed E-state index contributed by atoms with van der Waals surface area (Å²) in [5, 5.41) is 11.3. The fraction of sp³-hybridized carbons (Fsp3) is 0.778. The van der Waals surface area contributed by atoms with E-state index in [0.29, 0.717) is 6.42 Å². The molecule has 0 bridgehead atoms. The fourth-order valence-electron chi connectivity index (χ4n) is 1.07. The average molecular weight is 291 g/mol. The molecular weight excluding hydrogens is 276 g/mol. The molecule has 1 atom stereocenters. The van der Waals surface area contributed by atoms with Gasteiger partial charge in [0.2, 0.25) is 0 Å². The van der Waals surface area contributed by atoms with Crippen LogP contribution in [0.25, 0.3) is 0 Å². The third-order valence-corrected chi connectivity index (χ3v) is 2.66. The van der Waals surface area contributed by atoms with E-state index in [1.807, 2.05) is 6.92 Å². The first-order valence-corrected chi connectivity index (χ1v) is 5.89. The van der Waals surface area contributed by atoms with Crippen LogP contribution in [0.2, 0.25) is 0 Å². The van der Waals surface area contributed by atoms with Crippen LogP contribution in [0.15, 0.2) is 0 Å². The largest absolute Gasteiger partial charge is 0.480 e. The number of amides is 1. The van der Waals surface area contributed by atoms with Gasteiger partial charge in [0.15, 0.2) is 0 Å². The lowest BCUT2D eigenvalue weighted by Crippen LogP contribution is -2.55. The number of carboxylic acids is 1. The van der Waals surface area contributed by atoms with E-state index in [0.717, 1.165) is 6.42 Å². The van der Waals surface area contributed by atoms with E-state index in [1.54, 1.807) is 0 Å². The van der Waals surface area contributed by atoms with Crippen LogP contribution in [0.5, 0.6) is 0 Å². The highest BCUT2D eigenvalue weighted by molar-refractivity contribution is 6.76. The zero-order valence-corrected chi connectivity index (χ0v) is 11.3. The highest BCUT2D eigenvalue weighted by atomic mass is 35.6. The molecule has 0 aliphatic heterocycles. The Balaban J connectivity index is 4.69. The summed E-state index contributed by atoms with van der Waals surface area (Å²) < 4.78 is -2.15. The minimum Gasteiger partial charge on any atom is -0.480 e. The van der Waals surface area contributed by atoms with Crippen LogP contribution in [0.3, 0.4) is 0 Å². The summed E-state index contributed by atoms with van der Waals surface area (Å²) in [5.41, 5.74) is -1.41. The van der Waals surface area contributed by atoms with Crippen molar-refractivity contribution in [1.82, 2.24) is 5.32 Å². The second-order valence-corrected chi connectivity index (χ2v) is 5.97. The van der Waals surface area contributed by atoms with E-state index in [4.69, 9.17) is 39.9 Å². The van der Waals surface area contributed by atoms with E-state index >= 15 is 0 Å². The predicted molar refractivity (Wildman–Crippen MR) is 64.0 cm³/mol. The Kier molecular flexibility index (Phi) is 5.87. The third-order valence-electron chi connectivity index (χ3n) is 2.15. The zero-order valence-electron chi connectivity index (χ0n) is 9.02. The topological polar surface area (TPSA) is 66.4 Å². The molecular formula is C9H14Cl3NO3. The number of nitrogens with one attached hydrogen (secondary N) is 1. The molecule has 0 radical (unpaired) electrons. The maximum Gasteiger partial charge on any atom is 0.329 e. The van der Waals surface area contributed by atoms with Gasteiger partial charge in [0.1, 0.15) is 5.54 Å². The number of carboxylic acid groups (broad SMARTS) is 1. The number of hydrogen-bond donors (Lipinski definition) is 2. The Hall–Kier alpha value is -0.190. The fourth-order valence-corrected chi connectivity index (χ4v) is 1.22. The van der Waals surface area contributed by atoms with Crippen LogP contribution in [0.4, 0.5) is 0 Å². The summed E-state index contributed by atoms with van der Waals surface area (Å²) in [7, 11) is 0. The number of aliphatic carboxylic acids is 1. The van der Waals surface area contributed by atoms with Gasteiger partial charge in [0.05, 0.1) is 0 Å². The van der Waals surface area contributed by atoms with Crippen LogP contribution >= 0.6 is 34.8 Å². The smallest absolute Gasteiger partial charge is 0.329 e. The van der Waals surface area contributed by atoms with Crippen molar-refractivity contribution in [2.24, 2.45) is 0 Å². The first-order chi connectivity index (χ1) is 7.13. The van der Waals surface area contributed by atoms with E-state index in [9.17, 15) is 9.59 Å². The number of unbranched alkanes of at least 4 members (excludes halogenated alkanes) is 1. The first-order valence-electron chi connectivity index (χ1n) is 4.76. The van der Waals surface area contributed by atoms with E-state index in [2.05, 4.69) is 5.32 Å². The summed E-state index contributed by atoms with van der Waals surface area (Å²) in [5.74, 6) is -2.08. The summed E-state index contributed by atoms with van der Waals surface area (Å²) in [6, 6.07) is 0. The van der Waals surface area contributed by atoms with Crippen molar-refractivity contribution in [3.8, 4) is 0 Å². The van der Waals surface area contributed by atoms with Crippen LogP contribution < -0.4 is 5.32 Å². The summed E-state index contributed by atoms with van der Waals surface area (Å²) >= 11 is 16.1. The van der Waals surface area contributed by atoms with Crippen LogP contribution in [-0.4, -0.2) is 26.3 Å². The van der Waals surface area contributed by atoms with Gasteiger partial charge in [-0.15, -0.1) is 0 Å². The molecule has 0 saturated heterocycles. The Morgan fingerprint density at radius 1 is 1.31 bits per heavy atom. The first kappa shape index (κ1) is 15.8. The maximum absolute atomic E-state index is 11.4. The monoisotopic (exact) mass is 289 g/mol. The molecule has 2 N–H and O–H groups in total. The lowest BCUT2D eigenvalue weighted by atomic mass is 9.95. The molecule has 0 fully saturated rings. The van der Waals surface area contributed by atoms with Crippen LogP contribution in [-0.2, 0) is 9.59 Å². The maximum atomic E-state index is 11.4. The van der Waals surface area contributed by atoms with E-state index in [-0.39, 0.29) is 6.42 Å². The molecule has 0 rings (SSSR count). The Labute approximate surface area is 109 Å². The zero-order chi connectivity index (χ0) is 13.0. The molecule has 0 spiro atoms. The van der Waals surface area contributed by atoms with Crippen molar-refractivity contribution < 1.29 is 14.7 Å². The number of halogens is 3. The molecule has 0 heterocycles. The van der Waals surface area contributed by atoms with Crippen molar-refractivity contribution in [3.63, 3.8) is 0 Å². The van der Waals surface area contributed by atoms with Crippen molar-refractivity contribution in [3.05, 3.63) is 0 Å². The van der Waals surface area contributed by atoms with Gasteiger partial charge < -0.3 is 10.4 Å². The molecule has 0 aromatic carbocycles. The summed E-state index contributed by atoms with van der Waals surface area (Å²) in [6.45, 7) is 3.30. The number of rotatable bonds is 5. The Bertz CT molecular complexity index is 278. The van der Waals surface area contributed by atoms with Gasteiger partial charge in [-0.1, -0.05) is 54.6 Å². The second-order valence-electron chi connectivity index (χ2n) is 3.69. The Morgan fingerprint density at radius 2 is 1.81 bits per heavy atom. The normalized spacial score (nSPS) is 15.3. The lowest BCUT2D eigenvalue weighted by molar-refractivity contribution is -0.147. The van der Waals surface area contributed by atoms with Crippen molar-refractivity contribution in [2.45, 2.75) is 42.4 Å². The number of carbonyl (C=O) groups is 2. The van der Waals surface area contributed by atoms with Gasteiger partial charge in [-0.05, 0) is 13.3 Å². The van der Waals surface area contributed by atoms with E-state index < -0.39 is 21.2 Å². The summed E-state index contributed by atoms with van der Waals surface area (Å²) in [4.78, 5) is 22.4. The average Bonchev–Trinajstić information content (AvgIpc) is 2.13. The molecule has 1 amide bonds. The van der Waals surface area contributed by atoms with Gasteiger partial charge in [-0.2, -0.15) is 0 Å².